The van der Waals surface area contributed by atoms with Crippen LogP contribution >= 0.6 is 0 Å². The van der Waals surface area contributed by atoms with Gasteiger partial charge in [-0.3, -0.25) is 9.80 Å². The van der Waals surface area contributed by atoms with Crippen molar-refractivity contribution in [3.8, 4) is 0 Å². The molecule has 2 heterocycles. The summed E-state index contributed by atoms with van der Waals surface area (Å²) in [6.45, 7) is 12.5. The summed E-state index contributed by atoms with van der Waals surface area (Å²) in [7, 11) is 0. The zero-order valence-corrected chi connectivity index (χ0v) is 17.6. The molecule has 1 unspecified atom stereocenters. The second-order valence-electron chi connectivity index (χ2n) is 9.40. The number of likely N-dealkylation sites (tertiary alicyclic amines) is 1. The van der Waals surface area contributed by atoms with Gasteiger partial charge in [0.05, 0.1) is 0 Å². The molecule has 1 aliphatic heterocycles. The van der Waals surface area contributed by atoms with E-state index in [1.807, 2.05) is 31.7 Å². The lowest BCUT2D eigenvalue weighted by atomic mass is 9.91. The van der Waals surface area contributed by atoms with Gasteiger partial charge in [0.25, 0.3) is 0 Å². The molecule has 1 aromatic heterocycles. The number of carbonyl (C=O) groups excluding carboxylic acids is 1. The van der Waals surface area contributed by atoms with E-state index in [1.165, 1.54) is 12.0 Å². The molecule has 0 bridgehead atoms. The molecule has 0 N–H and O–H groups in total. The van der Waals surface area contributed by atoms with Crippen molar-refractivity contribution in [3.63, 3.8) is 0 Å². The summed E-state index contributed by atoms with van der Waals surface area (Å²) in [5.41, 5.74) is 0.666. The predicted octanol–water partition coefficient (Wildman–Crippen LogP) is 5.17. The fourth-order valence-corrected chi connectivity index (χ4v) is 4.10. The van der Waals surface area contributed by atoms with Gasteiger partial charge in [-0.1, -0.05) is 19.9 Å². The minimum Gasteiger partial charge on any atom is -0.443 e. The Bertz CT molecular complexity index is 649. The molecule has 5 heteroatoms. The highest BCUT2D eigenvalue weighted by molar-refractivity contribution is 5.88. The van der Waals surface area contributed by atoms with Crippen molar-refractivity contribution in [2.24, 2.45) is 5.92 Å². The van der Waals surface area contributed by atoms with Crippen LogP contribution in [0.1, 0.15) is 78.3 Å². The highest BCUT2D eigenvalue weighted by atomic mass is 16.6. The van der Waals surface area contributed by atoms with Crippen LogP contribution in [0, 0.1) is 5.92 Å². The van der Waals surface area contributed by atoms with Gasteiger partial charge < -0.3 is 4.74 Å². The summed E-state index contributed by atoms with van der Waals surface area (Å²) in [4.78, 5) is 22.2. The molecule has 150 valence electrons. The average molecular weight is 374 g/mol. The van der Waals surface area contributed by atoms with Crippen LogP contribution in [0.15, 0.2) is 18.3 Å². The number of anilines is 1. The van der Waals surface area contributed by atoms with Gasteiger partial charge in [-0.25, -0.2) is 9.78 Å². The number of hydrogen-bond acceptors (Lipinski definition) is 4. The fourth-order valence-electron chi connectivity index (χ4n) is 4.10. The number of aromatic nitrogens is 1. The van der Waals surface area contributed by atoms with E-state index in [1.54, 1.807) is 6.20 Å². The van der Waals surface area contributed by atoms with Gasteiger partial charge in [-0.15, -0.1) is 0 Å². The van der Waals surface area contributed by atoms with Crippen LogP contribution in [-0.2, 0) is 4.74 Å². The molecule has 1 aromatic rings. The Kier molecular flexibility index (Phi) is 6.09. The van der Waals surface area contributed by atoms with Crippen LogP contribution in [0.4, 0.5) is 10.6 Å². The number of amides is 1. The van der Waals surface area contributed by atoms with Gasteiger partial charge in [-0.05, 0) is 71.4 Å². The molecule has 1 amide bonds. The summed E-state index contributed by atoms with van der Waals surface area (Å²) >= 11 is 0. The molecule has 0 radical (unpaired) electrons. The van der Waals surface area contributed by atoms with E-state index in [-0.39, 0.29) is 12.1 Å². The molecule has 1 saturated carbocycles. The summed E-state index contributed by atoms with van der Waals surface area (Å²) in [5.74, 6) is 1.43. The smallest absolute Gasteiger partial charge is 0.416 e. The Labute approximate surface area is 164 Å². The molecule has 1 atom stereocenters. The molecule has 0 aromatic carbocycles. The van der Waals surface area contributed by atoms with Crippen molar-refractivity contribution in [2.45, 2.75) is 84.4 Å². The SMILES string of the molecule is CC(C)CN1CCCC1c1cccnc1N(C(=O)OC(C)(C)C)C1CCC1. The average Bonchev–Trinajstić information content (AvgIpc) is 2.96. The van der Waals surface area contributed by atoms with E-state index in [4.69, 9.17) is 4.74 Å². The van der Waals surface area contributed by atoms with Crippen LogP contribution in [0.5, 0.6) is 0 Å². The molecule has 2 aliphatic rings. The fraction of sp³-hybridized carbons (Fsp3) is 0.727. The van der Waals surface area contributed by atoms with Crippen LogP contribution in [-0.4, -0.2) is 40.7 Å². The van der Waals surface area contributed by atoms with Gasteiger partial charge in [0, 0.05) is 30.4 Å². The van der Waals surface area contributed by atoms with Crippen molar-refractivity contribution < 1.29 is 9.53 Å². The highest BCUT2D eigenvalue weighted by Crippen LogP contribution is 2.39. The van der Waals surface area contributed by atoms with E-state index in [2.05, 4.69) is 29.8 Å². The van der Waals surface area contributed by atoms with Crippen molar-refractivity contribution in [3.05, 3.63) is 23.9 Å². The number of nitrogens with zero attached hydrogens (tertiary/aromatic N) is 3. The van der Waals surface area contributed by atoms with Crippen LogP contribution < -0.4 is 4.90 Å². The van der Waals surface area contributed by atoms with Gasteiger partial charge >= 0.3 is 6.09 Å². The molecule has 2 fully saturated rings. The maximum Gasteiger partial charge on any atom is 0.416 e. The lowest BCUT2D eigenvalue weighted by Crippen LogP contribution is -2.48. The van der Waals surface area contributed by atoms with E-state index in [0.29, 0.717) is 12.0 Å². The van der Waals surface area contributed by atoms with Crippen LogP contribution in [0.2, 0.25) is 0 Å². The maximum atomic E-state index is 13.1. The highest BCUT2D eigenvalue weighted by Gasteiger charge is 2.37. The van der Waals surface area contributed by atoms with Gasteiger partial charge in [0.1, 0.15) is 11.4 Å². The van der Waals surface area contributed by atoms with Crippen molar-refractivity contribution >= 4 is 11.9 Å². The second kappa shape index (κ2) is 8.17. The van der Waals surface area contributed by atoms with Crippen molar-refractivity contribution in [2.75, 3.05) is 18.0 Å². The summed E-state index contributed by atoms with van der Waals surface area (Å²) < 4.78 is 5.75. The maximum absolute atomic E-state index is 13.1. The zero-order valence-electron chi connectivity index (χ0n) is 17.6. The van der Waals surface area contributed by atoms with E-state index in [0.717, 1.165) is 44.6 Å². The number of ether oxygens (including phenoxy) is 1. The lowest BCUT2D eigenvalue weighted by molar-refractivity contribution is 0.0547. The van der Waals surface area contributed by atoms with E-state index in [9.17, 15) is 4.79 Å². The molecular weight excluding hydrogens is 338 g/mol. The van der Waals surface area contributed by atoms with Crippen LogP contribution in [0.3, 0.4) is 0 Å². The molecule has 5 nitrogen and oxygen atoms in total. The van der Waals surface area contributed by atoms with Crippen molar-refractivity contribution in [1.29, 1.82) is 0 Å². The standard InChI is InChI=1S/C22H35N3O2/c1-16(2)15-24-14-8-12-19(24)18-11-7-13-23-20(18)25(17-9-6-10-17)21(26)27-22(3,4)5/h7,11,13,16-17,19H,6,8-10,12,14-15H2,1-5H3. The summed E-state index contributed by atoms with van der Waals surface area (Å²) in [6.07, 6.45) is 7.07. The number of rotatable bonds is 5. The second-order valence-corrected chi connectivity index (χ2v) is 9.40. The first-order valence-corrected chi connectivity index (χ1v) is 10.5. The molecular formula is C22H35N3O2. The Morgan fingerprint density at radius 2 is 2.04 bits per heavy atom. The van der Waals surface area contributed by atoms with Gasteiger partial charge in [-0.2, -0.15) is 0 Å². The van der Waals surface area contributed by atoms with E-state index < -0.39 is 5.60 Å². The minimum absolute atomic E-state index is 0.202. The first-order valence-electron chi connectivity index (χ1n) is 10.5. The van der Waals surface area contributed by atoms with Crippen molar-refractivity contribution in [1.82, 2.24) is 9.88 Å². The predicted molar refractivity (Wildman–Crippen MR) is 109 cm³/mol. The zero-order chi connectivity index (χ0) is 19.6. The Morgan fingerprint density at radius 3 is 2.63 bits per heavy atom. The third kappa shape index (κ3) is 4.81. The topological polar surface area (TPSA) is 45.7 Å². The Hall–Kier alpha value is -1.62. The quantitative estimate of drug-likeness (QED) is 0.714. The Balaban J connectivity index is 1.93. The Morgan fingerprint density at radius 1 is 1.30 bits per heavy atom. The lowest BCUT2D eigenvalue weighted by Gasteiger charge is -2.39. The monoisotopic (exact) mass is 373 g/mol. The third-order valence-electron chi connectivity index (χ3n) is 5.40. The first kappa shape index (κ1) is 20.1. The molecule has 1 aliphatic carbocycles. The molecule has 27 heavy (non-hydrogen) atoms. The molecule has 0 spiro atoms. The molecule has 1 saturated heterocycles. The normalized spacial score (nSPS) is 21.3. The number of hydrogen-bond donors (Lipinski definition) is 0. The number of pyridine rings is 1. The van der Waals surface area contributed by atoms with Crippen LogP contribution in [0.25, 0.3) is 0 Å². The minimum atomic E-state index is -0.509. The summed E-state index contributed by atoms with van der Waals surface area (Å²) in [5, 5.41) is 0. The largest absolute Gasteiger partial charge is 0.443 e. The third-order valence-corrected chi connectivity index (χ3v) is 5.40. The molecule has 3 rings (SSSR count). The number of carbonyl (C=O) groups is 1. The summed E-state index contributed by atoms with van der Waals surface area (Å²) in [6, 6.07) is 4.69. The van der Waals surface area contributed by atoms with Gasteiger partial charge in [0.2, 0.25) is 0 Å². The first-order chi connectivity index (χ1) is 12.8. The van der Waals surface area contributed by atoms with E-state index >= 15 is 0 Å². The van der Waals surface area contributed by atoms with Gasteiger partial charge in [0.15, 0.2) is 0 Å².